The Kier molecular flexibility index (Phi) is 5.77. The number of carbonyl (C=O) groups excluding carboxylic acids is 1. The zero-order valence-electron chi connectivity index (χ0n) is 13.4. The molecule has 0 unspecified atom stereocenters. The minimum atomic E-state index is -3.75. The van der Waals surface area contributed by atoms with E-state index >= 15 is 0 Å². The van der Waals surface area contributed by atoms with Crippen LogP contribution >= 0.6 is 0 Å². The number of rotatable bonds is 5. The highest BCUT2D eigenvalue weighted by Gasteiger charge is 2.28. The van der Waals surface area contributed by atoms with Crippen LogP contribution in [0.5, 0.6) is 5.75 Å². The van der Waals surface area contributed by atoms with Crippen LogP contribution in [-0.2, 0) is 19.5 Å². The Morgan fingerprint density at radius 1 is 1.38 bits per heavy atom. The van der Waals surface area contributed by atoms with Gasteiger partial charge in [0.25, 0.3) is 0 Å². The Bertz CT molecular complexity index is 750. The molecule has 0 amide bonds. The molecule has 8 nitrogen and oxygen atoms in total. The zero-order chi connectivity index (χ0) is 17.7. The van der Waals surface area contributed by atoms with Gasteiger partial charge in [-0.3, -0.25) is 0 Å². The van der Waals surface area contributed by atoms with E-state index in [0.717, 1.165) is 0 Å². The Morgan fingerprint density at radius 3 is 2.62 bits per heavy atom. The van der Waals surface area contributed by atoms with Gasteiger partial charge in [-0.05, 0) is 25.1 Å². The summed E-state index contributed by atoms with van der Waals surface area (Å²) in [4.78, 5) is 12.1. The maximum Gasteiger partial charge on any atom is 0.343 e. The van der Waals surface area contributed by atoms with Gasteiger partial charge in [0.2, 0.25) is 10.0 Å². The number of carbonyl (C=O) groups is 1. The molecule has 130 valence electrons. The van der Waals surface area contributed by atoms with Crippen molar-refractivity contribution in [2.75, 3.05) is 33.4 Å². The van der Waals surface area contributed by atoms with Crippen molar-refractivity contribution in [3.8, 4) is 11.8 Å². The third-order valence-corrected chi connectivity index (χ3v) is 5.36. The summed E-state index contributed by atoms with van der Waals surface area (Å²) in [5.41, 5.74) is -0.0473. The minimum absolute atomic E-state index is 0.0400. The van der Waals surface area contributed by atoms with Crippen LogP contribution in [0.2, 0.25) is 0 Å². The Hall–Kier alpha value is -2.15. The van der Waals surface area contributed by atoms with Crippen molar-refractivity contribution in [1.82, 2.24) is 4.31 Å². The molecule has 0 saturated carbocycles. The van der Waals surface area contributed by atoms with E-state index in [2.05, 4.69) is 0 Å². The summed E-state index contributed by atoms with van der Waals surface area (Å²) in [5, 5.41) is 8.74. The minimum Gasteiger partial charge on any atom is -0.496 e. The van der Waals surface area contributed by atoms with Crippen LogP contribution in [0.4, 0.5) is 0 Å². The number of morpholine rings is 1. The molecule has 9 heteroatoms. The molecule has 1 fully saturated rings. The van der Waals surface area contributed by atoms with Crippen LogP contribution in [0.15, 0.2) is 23.1 Å². The van der Waals surface area contributed by atoms with Crippen LogP contribution in [-0.4, -0.2) is 58.2 Å². The Balaban J connectivity index is 2.37. The monoisotopic (exact) mass is 354 g/mol. The number of nitriles is 1. The average Bonchev–Trinajstić information content (AvgIpc) is 2.61. The largest absolute Gasteiger partial charge is 0.496 e. The van der Waals surface area contributed by atoms with Crippen LogP contribution in [0.3, 0.4) is 0 Å². The number of methoxy groups -OCH3 is 1. The summed E-state index contributed by atoms with van der Waals surface area (Å²) < 4.78 is 41.8. The topological polar surface area (TPSA) is 106 Å². The van der Waals surface area contributed by atoms with E-state index in [-0.39, 0.29) is 29.3 Å². The molecule has 1 aromatic rings. The van der Waals surface area contributed by atoms with E-state index in [9.17, 15) is 13.2 Å². The van der Waals surface area contributed by atoms with E-state index in [1.54, 1.807) is 6.07 Å². The van der Waals surface area contributed by atoms with Gasteiger partial charge in [-0.15, -0.1) is 0 Å². The lowest BCUT2D eigenvalue weighted by atomic mass is 10.2. The fourth-order valence-corrected chi connectivity index (χ4v) is 3.63. The lowest BCUT2D eigenvalue weighted by Crippen LogP contribution is -2.40. The number of esters is 1. The van der Waals surface area contributed by atoms with E-state index < -0.39 is 22.1 Å². The number of sulfonamides is 1. The van der Waals surface area contributed by atoms with Crippen molar-refractivity contribution in [2.45, 2.75) is 17.9 Å². The molecule has 1 aliphatic heterocycles. The van der Waals surface area contributed by atoms with Crippen LogP contribution < -0.4 is 4.74 Å². The van der Waals surface area contributed by atoms with Gasteiger partial charge < -0.3 is 14.2 Å². The van der Waals surface area contributed by atoms with Crippen LogP contribution in [0, 0.1) is 11.3 Å². The predicted octanol–water partition coefficient (Wildman–Crippen LogP) is 0.785. The first kappa shape index (κ1) is 18.2. The summed E-state index contributed by atoms with van der Waals surface area (Å²) in [5.74, 6) is -0.647. The SMILES string of the molecule is COc1ccc(S(=O)(=O)N2CCOCC2)cc1C(=O)O[C@@H](C)C#N. The van der Waals surface area contributed by atoms with E-state index in [4.69, 9.17) is 19.5 Å². The fraction of sp³-hybridized carbons (Fsp3) is 0.467. The van der Waals surface area contributed by atoms with Gasteiger partial charge in [-0.1, -0.05) is 0 Å². The summed E-state index contributed by atoms with van der Waals surface area (Å²) in [6.07, 6.45) is -0.957. The molecule has 0 N–H and O–H groups in total. The smallest absolute Gasteiger partial charge is 0.343 e. The van der Waals surface area contributed by atoms with E-state index in [1.165, 1.54) is 36.5 Å². The first-order chi connectivity index (χ1) is 11.4. The number of benzene rings is 1. The highest BCUT2D eigenvalue weighted by Crippen LogP contribution is 2.26. The quantitative estimate of drug-likeness (QED) is 0.720. The third kappa shape index (κ3) is 3.84. The summed E-state index contributed by atoms with van der Waals surface area (Å²) in [6.45, 7) is 2.56. The van der Waals surface area contributed by atoms with Crippen molar-refractivity contribution < 1.29 is 27.4 Å². The second-order valence-corrected chi connectivity index (χ2v) is 6.99. The van der Waals surface area contributed by atoms with Crippen molar-refractivity contribution in [3.63, 3.8) is 0 Å². The molecule has 0 spiro atoms. The normalized spacial score (nSPS) is 16.9. The van der Waals surface area contributed by atoms with Gasteiger partial charge in [-0.25, -0.2) is 13.2 Å². The number of nitrogens with zero attached hydrogens (tertiary/aromatic N) is 2. The molecule has 0 aromatic heterocycles. The molecule has 1 aliphatic rings. The highest BCUT2D eigenvalue weighted by molar-refractivity contribution is 7.89. The van der Waals surface area contributed by atoms with E-state index in [1.807, 2.05) is 0 Å². The molecular weight excluding hydrogens is 336 g/mol. The lowest BCUT2D eigenvalue weighted by Gasteiger charge is -2.26. The first-order valence-electron chi connectivity index (χ1n) is 7.26. The summed E-state index contributed by atoms with van der Waals surface area (Å²) in [7, 11) is -2.39. The molecule has 2 rings (SSSR count). The Labute approximate surface area is 140 Å². The molecule has 1 saturated heterocycles. The molecule has 0 bridgehead atoms. The summed E-state index contributed by atoms with van der Waals surface area (Å²) >= 11 is 0. The molecular formula is C15H18N2O6S. The highest BCUT2D eigenvalue weighted by atomic mass is 32.2. The van der Waals surface area contributed by atoms with Gasteiger partial charge >= 0.3 is 5.97 Å². The number of hydrogen-bond donors (Lipinski definition) is 0. The van der Waals surface area contributed by atoms with E-state index in [0.29, 0.717) is 13.2 Å². The standard InChI is InChI=1S/C15H18N2O6S/c1-11(10-16)23-15(18)13-9-12(3-4-14(13)21-2)24(19,20)17-5-7-22-8-6-17/h3-4,9,11H,5-8H2,1-2H3/t11-/m0/s1. The summed E-state index contributed by atoms with van der Waals surface area (Å²) in [6, 6.07) is 5.74. The zero-order valence-corrected chi connectivity index (χ0v) is 14.2. The molecule has 1 atom stereocenters. The van der Waals surface area contributed by atoms with Crippen molar-refractivity contribution in [1.29, 1.82) is 5.26 Å². The van der Waals surface area contributed by atoms with Crippen molar-refractivity contribution in [3.05, 3.63) is 23.8 Å². The maximum atomic E-state index is 12.7. The second-order valence-electron chi connectivity index (χ2n) is 5.06. The third-order valence-electron chi connectivity index (χ3n) is 3.46. The van der Waals surface area contributed by atoms with Gasteiger partial charge in [0, 0.05) is 13.1 Å². The first-order valence-corrected chi connectivity index (χ1v) is 8.70. The predicted molar refractivity (Wildman–Crippen MR) is 83.1 cm³/mol. The van der Waals surface area contributed by atoms with Crippen molar-refractivity contribution >= 4 is 16.0 Å². The van der Waals surface area contributed by atoms with Gasteiger partial charge in [0.05, 0.1) is 25.2 Å². The van der Waals surface area contributed by atoms with Crippen LogP contribution in [0.25, 0.3) is 0 Å². The fourth-order valence-electron chi connectivity index (χ4n) is 2.19. The van der Waals surface area contributed by atoms with Gasteiger partial charge in [0.15, 0.2) is 6.10 Å². The van der Waals surface area contributed by atoms with Crippen molar-refractivity contribution in [2.24, 2.45) is 0 Å². The molecule has 0 radical (unpaired) electrons. The maximum absolute atomic E-state index is 12.7. The Morgan fingerprint density at radius 2 is 2.04 bits per heavy atom. The number of ether oxygens (including phenoxy) is 3. The number of hydrogen-bond acceptors (Lipinski definition) is 7. The molecule has 0 aliphatic carbocycles. The molecule has 1 heterocycles. The van der Waals surface area contributed by atoms with Gasteiger partial charge in [-0.2, -0.15) is 9.57 Å². The van der Waals surface area contributed by atoms with Crippen LogP contribution in [0.1, 0.15) is 17.3 Å². The average molecular weight is 354 g/mol. The molecule has 24 heavy (non-hydrogen) atoms. The van der Waals surface area contributed by atoms with Gasteiger partial charge in [0.1, 0.15) is 17.4 Å². The molecule has 1 aromatic carbocycles. The second kappa shape index (κ2) is 7.61. The lowest BCUT2D eigenvalue weighted by molar-refractivity contribution is 0.0431.